The minimum Gasteiger partial charge on any atom is -0.494 e. The van der Waals surface area contributed by atoms with E-state index >= 15 is 0 Å². The number of ether oxygens (including phenoxy) is 1. The highest BCUT2D eigenvalue weighted by molar-refractivity contribution is 5.94. The molecule has 0 spiro atoms. The van der Waals surface area contributed by atoms with Crippen molar-refractivity contribution < 1.29 is 19.0 Å². The molecule has 0 saturated heterocycles. The van der Waals surface area contributed by atoms with Crippen LogP contribution >= 0.6 is 0 Å². The lowest BCUT2D eigenvalue weighted by atomic mass is 10.1. The average molecular weight is 369 g/mol. The van der Waals surface area contributed by atoms with Gasteiger partial charge in [0.1, 0.15) is 5.82 Å². The molecule has 7 heteroatoms. The van der Waals surface area contributed by atoms with E-state index in [1.807, 2.05) is 25.1 Å². The molecule has 0 aliphatic rings. The van der Waals surface area contributed by atoms with Gasteiger partial charge in [-0.25, -0.2) is 14.2 Å². The van der Waals surface area contributed by atoms with Gasteiger partial charge < -0.3 is 20.5 Å². The van der Waals surface area contributed by atoms with Crippen molar-refractivity contribution in [3.63, 3.8) is 0 Å². The highest BCUT2D eigenvalue weighted by Crippen LogP contribution is 2.29. The second-order valence-electron chi connectivity index (χ2n) is 5.94. The van der Waals surface area contributed by atoms with E-state index in [4.69, 9.17) is 4.74 Å². The lowest BCUT2D eigenvalue weighted by Gasteiger charge is -2.18. The van der Waals surface area contributed by atoms with Crippen LogP contribution < -0.4 is 15.4 Å². The third kappa shape index (κ3) is 3.92. The van der Waals surface area contributed by atoms with E-state index in [1.165, 1.54) is 25.3 Å². The molecule has 3 N–H and O–H groups in total. The molecule has 1 atom stereocenters. The first-order valence-corrected chi connectivity index (χ1v) is 8.49. The van der Waals surface area contributed by atoms with Crippen LogP contribution in [0.2, 0.25) is 0 Å². The van der Waals surface area contributed by atoms with Gasteiger partial charge in [0, 0.05) is 23.8 Å². The number of carboxylic acid groups (broad SMARTS) is 1. The molecular weight excluding hydrogens is 349 g/mol. The van der Waals surface area contributed by atoms with E-state index in [0.717, 1.165) is 23.1 Å². The number of carbonyl (C=O) groups is 1. The molecule has 2 aromatic carbocycles. The first-order chi connectivity index (χ1) is 13.0. The lowest BCUT2D eigenvalue weighted by Crippen LogP contribution is -2.20. The highest BCUT2D eigenvalue weighted by atomic mass is 19.1. The summed E-state index contributed by atoms with van der Waals surface area (Å²) in [5.41, 5.74) is 1.02. The molecule has 1 aromatic heterocycles. The fourth-order valence-corrected chi connectivity index (χ4v) is 2.89. The van der Waals surface area contributed by atoms with Crippen molar-refractivity contribution in [2.75, 3.05) is 24.3 Å². The number of methoxy groups -OCH3 is 1. The molecule has 3 aromatic rings. The summed E-state index contributed by atoms with van der Waals surface area (Å²) in [5, 5.41) is 17.7. The number of halogens is 1. The summed E-state index contributed by atoms with van der Waals surface area (Å²) in [5.74, 6) is -0.841. The summed E-state index contributed by atoms with van der Waals surface area (Å²) >= 11 is 0. The molecule has 27 heavy (non-hydrogen) atoms. The first-order valence-electron chi connectivity index (χ1n) is 8.49. The maximum Gasteiger partial charge on any atom is 0.330 e. The number of carboxylic acids is 1. The zero-order valence-electron chi connectivity index (χ0n) is 15.0. The van der Waals surface area contributed by atoms with Crippen molar-refractivity contribution in [3.05, 3.63) is 60.0 Å². The highest BCUT2D eigenvalue weighted by Gasteiger charge is 2.21. The normalized spacial score (nSPS) is 11.8. The van der Waals surface area contributed by atoms with Crippen LogP contribution in [0.15, 0.2) is 48.7 Å². The third-order valence-electron chi connectivity index (χ3n) is 4.18. The zero-order chi connectivity index (χ0) is 19.4. The maximum absolute atomic E-state index is 13.6. The monoisotopic (exact) mass is 369 g/mol. The predicted octanol–water partition coefficient (Wildman–Crippen LogP) is 4.05. The van der Waals surface area contributed by atoms with Gasteiger partial charge in [0.2, 0.25) is 0 Å². The summed E-state index contributed by atoms with van der Waals surface area (Å²) in [6, 6.07) is 10.3. The molecule has 0 aliphatic heterocycles. The van der Waals surface area contributed by atoms with Gasteiger partial charge in [0.05, 0.1) is 7.11 Å². The Labute approximate surface area is 156 Å². The fourth-order valence-electron chi connectivity index (χ4n) is 2.89. The van der Waals surface area contributed by atoms with Crippen LogP contribution in [0.5, 0.6) is 5.75 Å². The third-order valence-corrected chi connectivity index (χ3v) is 4.18. The van der Waals surface area contributed by atoms with Gasteiger partial charge in [-0.15, -0.1) is 0 Å². The maximum atomic E-state index is 13.6. The molecule has 0 bridgehead atoms. The number of fused-ring (bicyclic) bond motifs is 1. The van der Waals surface area contributed by atoms with Gasteiger partial charge in [-0.3, -0.25) is 0 Å². The van der Waals surface area contributed by atoms with Crippen molar-refractivity contribution >= 4 is 28.2 Å². The lowest BCUT2D eigenvalue weighted by molar-refractivity contribution is -0.138. The van der Waals surface area contributed by atoms with Crippen LogP contribution in [0.3, 0.4) is 0 Å². The van der Waals surface area contributed by atoms with Gasteiger partial charge in [0.25, 0.3) is 0 Å². The zero-order valence-corrected chi connectivity index (χ0v) is 15.0. The minimum atomic E-state index is -1.08. The molecule has 6 nitrogen and oxygen atoms in total. The van der Waals surface area contributed by atoms with Gasteiger partial charge >= 0.3 is 5.97 Å². The largest absolute Gasteiger partial charge is 0.494 e. The van der Waals surface area contributed by atoms with Crippen molar-refractivity contribution in [1.29, 1.82) is 0 Å². The summed E-state index contributed by atoms with van der Waals surface area (Å²) in [7, 11) is 1.34. The molecule has 0 saturated carbocycles. The number of hydrogen-bond acceptors (Lipinski definition) is 5. The number of aliphatic carboxylic acids is 1. The Bertz CT molecular complexity index is 978. The first kappa shape index (κ1) is 18.4. The number of aromatic nitrogens is 1. The second-order valence-corrected chi connectivity index (χ2v) is 5.94. The number of rotatable bonds is 7. The SMILES string of the molecule is CCNc1nccc2cc(NC(C(=O)O)c3ccc(F)c(OC)c3)ccc12. The molecule has 140 valence electrons. The van der Waals surface area contributed by atoms with E-state index in [1.54, 1.807) is 12.3 Å². The Morgan fingerprint density at radius 2 is 2.07 bits per heavy atom. The predicted molar refractivity (Wildman–Crippen MR) is 103 cm³/mol. The number of nitrogens with one attached hydrogen (secondary N) is 2. The number of anilines is 2. The Morgan fingerprint density at radius 3 is 2.78 bits per heavy atom. The topological polar surface area (TPSA) is 83.5 Å². The number of pyridine rings is 1. The second kappa shape index (κ2) is 7.90. The molecule has 0 amide bonds. The van der Waals surface area contributed by atoms with Crippen LogP contribution in [-0.4, -0.2) is 29.7 Å². The van der Waals surface area contributed by atoms with E-state index < -0.39 is 17.8 Å². The molecule has 1 heterocycles. The van der Waals surface area contributed by atoms with Crippen LogP contribution in [-0.2, 0) is 4.79 Å². The fraction of sp³-hybridized carbons (Fsp3) is 0.200. The Hall–Kier alpha value is -3.35. The Kier molecular flexibility index (Phi) is 5.40. The van der Waals surface area contributed by atoms with Gasteiger partial charge in [-0.1, -0.05) is 6.07 Å². The molecule has 0 fully saturated rings. The van der Waals surface area contributed by atoms with Gasteiger partial charge in [0.15, 0.2) is 17.6 Å². The van der Waals surface area contributed by atoms with Crippen LogP contribution in [0.25, 0.3) is 10.8 Å². The van der Waals surface area contributed by atoms with Crippen molar-refractivity contribution in [1.82, 2.24) is 4.98 Å². The molecule has 0 radical (unpaired) electrons. The van der Waals surface area contributed by atoms with Crippen molar-refractivity contribution in [2.45, 2.75) is 13.0 Å². The summed E-state index contributed by atoms with van der Waals surface area (Å²) in [4.78, 5) is 16.1. The summed E-state index contributed by atoms with van der Waals surface area (Å²) in [6.45, 7) is 2.74. The smallest absolute Gasteiger partial charge is 0.330 e. The Morgan fingerprint density at radius 1 is 1.26 bits per heavy atom. The quantitative estimate of drug-likeness (QED) is 0.583. The molecular formula is C20H20FN3O3. The van der Waals surface area contributed by atoms with E-state index in [9.17, 15) is 14.3 Å². The number of hydrogen-bond donors (Lipinski definition) is 3. The van der Waals surface area contributed by atoms with Crippen LogP contribution in [0.4, 0.5) is 15.9 Å². The molecule has 1 unspecified atom stereocenters. The van der Waals surface area contributed by atoms with E-state index in [-0.39, 0.29) is 5.75 Å². The van der Waals surface area contributed by atoms with Crippen LogP contribution in [0.1, 0.15) is 18.5 Å². The number of benzene rings is 2. The minimum absolute atomic E-state index is 0.000387. The van der Waals surface area contributed by atoms with E-state index in [0.29, 0.717) is 11.3 Å². The number of nitrogens with zero attached hydrogens (tertiary/aromatic N) is 1. The van der Waals surface area contributed by atoms with Gasteiger partial charge in [-0.2, -0.15) is 0 Å². The van der Waals surface area contributed by atoms with E-state index in [2.05, 4.69) is 15.6 Å². The van der Waals surface area contributed by atoms with Crippen molar-refractivity contribution in [3.8, 4) is 5.75 Å². The van der Waals surface area contributed by atoms with Gasteiger partial charge in [-0.05, 0) is 54.3 Å². The standard InChI is InChI=1S/C20H20FN3O3/c1-3-22-19-15-6-5-14(10-12(15)8-9-23-19)24-18(20(25)26)13-4-7-16(21)17(11-13)27-2/h4-11,18,24H,3H2,1-2H3,(H,22,23)(H,25,26). The average Bonchev–Trinajstić information content (AvgIpc) is 2.67. The Balaban J connectivity index is 1.94. The summed E-state index contributed by atoms with van der Waals surface area (Å²) in [6.07, 6.45) is 1.70. The van der Waals surface area contributed by atoms with Crippen LogP contribution in [0, 0.1) is 5.82 Å². The molecule has 3 rings (SSSR count). The van der Waals surface area contributed by atoms with Crippen molar-refractivity contribution in [2.24, 2.45) is 0 Å². The molecule has 0 aliphatic carbocycles. The summed E-state index contributed by atoms with van der Waals surface area (Å²) < 4.78 is 18.6.